The number of benzene rings is 4. The third kappa shape index (κ3) is 13.2. The highest BCUT2D eigenvalue weighted by molar-refractivity contribution is 8.30. The number of fused-ring (bicyclic) bond motifs is 2. The highest BCUT2D eigenvalue weighted by Gasteiger charge is 2.27. The van der Waals surface area contributed by atoms with Crippen molar-refractivity contribution < 1.29 is 0 Å². The lowest BCUT2D eigenvalue weighted by molar-refractivity contribution is 1.16. The molecule has 6 rings (SSSR count). The van der Waals surface area contributed by atoms with Crippen molar-refractivity contribution in [3.8, 4) is 0 Å². The topological polar surface area (TPSA) is 0 Å². The second-order valence-corrected chi connectivity index (χ2v) is 14.9. The van der Waals surface area contributed by atoms with Gasteiger partial charge in [-0.25, -0.2) is 0 Å². The van der Waals surface area contributed by atoms with Crippen molar-refractivity contribution in [1.29, 1.82) is 0 Å². The lowest BCUT2D eigenvalue weighted by atomic mass is 10.1. The van der Waals surface area contributed by atoms with E-state index in [2.05, 4.69) is 166 Å². The predicted molar refractivity (Wildman–Crippen MR) is 220 cm³/mol. The molecule has 0 saturated heterocycles. The van der Waals surface area contributed by atoms with Crippen molar-refractivity contribution in [2.24, 2.45) is 0 Å². The van der Waals surface area contributed by atoms with Crippen molar-refractivity contribution in [3.63, 3.8) is 0 Å². The fraction of sp³-hybridized carbons (Fsp3) is 0.209. The zero-order chi connectivity index (χ0) is 33.7. The summed E-state index contributed by atoms with van der Waals surface area (Å²) in [6, 6.07) is 34.5. The van der Waals surface area contributed by atoms with Gasteiger partial charge < -0.3 is 0 Å². The summed E-state index contributed by atoms with van der Waals surface area (Å²) < 4.78 is 2.79. The molecule has 4 aromatic carbocycles. The molecule has 0 unspecified atom stereocenters. The van der Waals surface area contributed by atoms with Crippen LogP contribution in [0.1, 0.15) is 83.1 Å². The Morgan fingerprint density at radius 1 is 0.426 bits per heavy atom. The molecule has 4 aromatic rings. The van der Waals surface area contributed by atoms with Crippen molar-refractivity contribution in [2.75, 3.05) is 0 Å². The molecule has 0 radical (unpaired) electrons. The molecule has 0 aliphatic carbocycles. The Morgan fingerprint density at radius 2 is 0.787 bits per heavy atom. The Balaban J connectivity index is 0.000000397. The van der Waals surface area contributed by atoms with Gasteiger partial charge in [0.1, 0.15) is 0 Å². The molecule has 0 bridgehead atoms. The highest BCUT2D eigenvalue weighted by atomic mass is 32.2. The number of hydrogen-bond acceptors (Lipinski definition) is 4. The minimum Gasteiger partial charge on any atom is -0.0917 e. The molecular weight excluding hydrogens is 645 g/mol. The van der Waals surface area contributed by atoms with Gasteiger partial charge in [-0.05, 0) is 72.7 Å². The highest BCUT2D eigenvalue weighted by Crippen LogP contribution is 2.61. The third-order valence-electron chi connectivity index (χ3n) is 6.56. The van der Waals surface area contributed by atoms with E-state index in [4.69, 9.17) is 0 Å². The summed E-state index contributed by atoms with van der Waals surface area (Å²) in [5.74, 6) is 0. The molecule has 2 heterocycles. The first-order valence-electron chi connectivity index (χ1n) is 16.6. The SMILES string of the molecule is C(=C\c1ccc2c(c1)S/C(=C1\Sc3ccc(/C=C/c4ccccc4)cc3S1)S2)/c1ccccc1.C/C=C\CC.CC.CC/C=C\CC. The van der Waals surface area contributed by atoms with Gasteiger partial charge in [-0.15, -0.1) is 0 Å². The molecule has 47 heavy (non-hydrogen) atoms. The molecule has 0 nitrogen and oxygen atoms in total. The van der Waals surface area contributed by atoms with Crippen LogP contribution in [0.15, 0.2) is 149 Å². The van der Waals surface area contributed by atoms with Crippen molar-refractivity contribution in [2.45, 2.75) is 80.4 Å². The van der Waals surface area contributed by atoms with Gasteiger partial charge in [0, 0.05) is 19.6 Å². The number of rotatable bonds is 7. The maximum Gasteiger partial charge on any atom is 0.0706 e. The Labute approximate surface area is 302 Å². The van der Waals surface area contributed by atoms with Crippen LogP contribution in [0.4, 0.5) is 0 Å². The van der Waals surface area contributed by atoms with Crippen molar-refractivity contribution in [1.82, 2.24) is 0 Å². The van der Waals surface area contributed by atoms with Crippen LogP contribution in [0.25, 0.3) is 24.3 Å². The smallest absolute Gasteiger partial charge is 0.0706 e. The molecule has 0 spiro atoms. The minimum atomic E-state index is 1.16. The molecule has 2 aliphatic heterocycles. The molecule has 0 aromatic heterocycles. The molecule has 4 heteroatoms. The van der Waals surface area contributed by atoms with Gasteiger partial charge in [0.05, 0.1) is 8.47 Å². The second kappa shape index (κ2) is 22.5. The maximum absolute atomic E-state index is 2.31. The molecule has 0 atom stereocenters. The van der Waals surface area contributed by atoms with Crippen LogP contribution in [0.3, 0.4) is 0 Å². The van der Waals surface area contributed by atoms with E-state index >= 15 is 0 Å². The zero-order valence-electron chi connectivity index (χ0n) is 28.6. The van der Waals surface area contributed by atoms with Crippen molar-refractivity contribution >= 4 is 71.4 Å². The van der Waals surface area contributed by atoms with Crippen LogP contribution < -0.4 is 0 Å². The summed E-state index contributed by atoms with van der Waals surface area (Å²) in [5, 5.41) is 0. The van der Waals surface area contributed by atoms with Crippen LogP contribution in [-0.4, -0.2) is 0 Å². The summed E-state index contributed by atoms with van der Waals surface area (Å²) in [4.78, 5) is 5.42. The summed E-state index contributed by atoms with van der Waals surface area (Å²) in [6.07, 6.45) is 20.8. The zero-order valence-corrected chi connectivity index (χ0v) is 31.9. The molecular formula is C43H48S4. The van der Waals surface area contributed by atoms with E-state index in [1.54, 1.807) is 0 Å². The molecule has 244 valence electrons. The Bertz CT molecular complexity index is 1530. The van der Waals surface area contributed by atoms with E-state index in [-0.39, 0.29) is 0 Å². The maximum atomic E-state index is 2.31. The van der Waals surface area contributed by atoms with Gasteiger partial charge in [0.15, 0.2) is 0 Å². The van der Waals surface area contributed by atoms with Crippen LogP contribution in [0.2, 0.25) is 0 Å². The number of hydrogen-bond donors (Lipinski definition) is 0. The first kappa shape index (κ1) is 38.4. The summed E-state index contributed by atoms with van der Waals surface area (Å²) in [7, 11) is 0. The normalized spacial score (nSPS) is 14.8. The number of thioether (sulfide) groups is 4. The monoisotopic (exact) mass is 692 g/mol. The first-order valence-corrected chi connectivity index (χ1v) is 19.9. The third-order valence-corrected chi connectivity index (χ3v) is 12.2. The largest absolute Gasteiger partial charge is 0.0917 e. The van der Waals surface area contributed by atoms with Crippen molar-refractivity contribution in [3.05, 3.63) is 152 Å². The predicted octanol–water partition coefficient (Wildman–Crippen LogP) is 15.6. The summed E-state index contributed by atoms with van der Waals surface area (Å²) in [5.41, 5.74) is 4.93. The minimum absolute atomic E-state index is 1.16. The molecule has 0 saturated carbocycles. The van der Waals surface area contributed by atoms with E-state index in [0.717, 1.165) is 6.42 Å². The molecule has 0 N–H and O–H groups in total. The lowest BCUT2D eigenvalue weighted by Crippen LogP contribution is -1.75. The van der Waals surface area contributed by atoms with Crippen LogP contribution >= 0.6 is 47.0 Å². The standard InChI is InChI=1S/C30H20S4.C6H12.C5H10.C2H6/c1-3-7-21(8-4-1)11-13-23-15-17-25-27(19-23)33-29(31-25)30-32-26-18-16-24(20-28(26)34-30)14-12-22-9-5-2-6-10-22;1-3-5-6-4-2;1-3-5-4-2;1-2/h1-20H;5-6H,3-4H2,1-2H3;3,5H,4H2,1-2H3;1-2H3/b13-11+,14-12+,30-29+;6-5-;5-3-;. The van der Waals surface area contributed by atoms with E-state index in [1.165, 1.54) is 63.2 Å². The number of allylic oxidation sites excluding steroid dienone is 4. The average Bonchev–Trinajstić information content (AvgIpc) is 3.76. The van der Waals surface area contributed by atoms with Gasteiger partial charge in [-0.2, -0.15) is 0 Å². The van der Waals surface area contributed by atoms with E-state index in [0.29, 0.717) is 0 Å². The van der Waals surface area contributed by atoms with Gasteiger partial charge >= 0.3 is 0 Å². The van der Waals surface area contributed by atoms with E-state index in [1.807, 2.05) is 67.8 Å². The lowest BCUT2D eigenvalue weighted by Gasteiger charge is -1.99. The van der Waals surface area contributed by atoms with Crippen LogP contribution in [0.5, 0.6) is 0 Å². The van der Waals surface area contributed by atoms with E-state index in [9.17, 15) is 0 Å². The van der Waals surface area contributed by atoms with Crippen LogP contribution in [-0.2, 0) is 0 Å². The molecule has 0 amide bonds. The van der Waals surface area contributed by atoms with Gasteiger partial charge in [0.2, 0.25) is 0 Å². The molecule has 0 fully saturated rings. The molecule has 2 aliphatic rings. The summed E-state index contributed by atoms with van der Waals surface area (Å²) >= 11 is 7.61. The van der Waals surface area contributed by atoms with Crippen LogP contribution in [0, 0.1) is 0 Å². The Morgan fingerprint density at radius 3 is 1.13 bits per heavy atom. The fourth-order valence-electron chi connectivity index (χ4n) is 4.27. The average molecular weight is 693 g/mol. The fourth-order valence-corrected chi connectivity index (χ4v) is 9.64. The van der Waals surface area contributed by atoms with Gasteiger partial charge in [-0.1, -0.05) is 203 Å². The van der Waals surface area contributed by atoms with Gasteiger partial charge in [-0.3, -0.25) is 0 Å². The van der Waals surface area contributed by atoms with Gasteiger partial charge in [0.25, 0.3) is 0 Å². The Kier molecular flexibility index (Phi) is 18.4. The summed E-state index contributed by atoms with van der Waals surface area (Å²) in [6.45, 7) is 12.4. The van der Waals surface area contributed by atoms with E-state index < -0.39 is 0 Å². The quantitative estimate of drug-likeness (QED) is 0.140. The second-order valence-electron chi connectivity index (χ2n) is 10.1. The first-order chi connectivity index (χ1) is 23.1. The Hall–Kier alpha value is -3.02.